The predicted molar refractivity (Wildman–Crippen MR) is 129 cm³/mol. The van der Waals surface area contributed by atoms with Crippen molar-refractivity contribution in [2.24, 2.45) is 5.92 Å². The monoisotopic (exact) mass is 522 g/mol. The summed E-state index contributed by atoms with van der Waals surface area (Å²) in [6.07, 6.45) is 2.82. The first kappa shape index (κ1) is 25.6. The van der Waals surface area contributed by atoms with Crippen LogP contribution in [0.15, 0.2) is 47.4 Å². The molecule has 1 N–H and O–H groups in total. The number of nitrogens with zero attached hydrogens (tertiary/aromatic N) is 1. The Morgan fingerprint density at radius 2 is 1.94 bits per heavy atom. The molecule has 2 heterocycles. The third-order valence-electron chi connectivity index (χ3n) is 6.75. The van der Waals surface area contributed by atoms with Gasteiger partial charge in [-0.3, -0.25) is 9.59 Å². The van der Waals surface area contributed by atoms with Crippen LogP contribution in [-0.2, 0) is 19.4 Å². The van der Waals surface area contributed by atoms with Gasteiger partial charge in [0, 0.05) is 34.4 Å². The fourth-order valence-electron chi connectivity index (χ4n) is 4.76. The summed E-state index contributed by atoms with van der Waals surface area (Å²) < 4.78 is 44.0. The molecular formula is C25H28ClFN2O5S. The first-order valence-electron chi connectivity index (χ1n) is 11.6. The molecule has 0 bridgehead atoms. The van der Waals surface area contributed by atoms with Gasteiger partial charge < -0.3 is 15.0 Å². The van der Waals surface area contributed by atoms with Crippen molar-refractivity contribution in [1.29, 1.82) is 0 Å². The first-order chi connectivity index (χ1) is 16.6. The topological polar surface area (TPSA) is 92.8 Å². The molecule has 0 radical (unpaired) electrons. The minimum Gasteiger partial charge on any atom is -0.381 e. The molecule has 2 amide bonds. The van der Waals surface area contributed by atoms with E-state index in [1.54, 1.807) is 23.1 Å². The SMILES string of the molecule is CC[C@@H]1CC[C@H](C(=O)NC(c2ccc(Cl)cc2F)C2COC2)N1C(=O)c1cccc(S(C)(=O)=O)c1. The highest BCUT2D eigenvalue weighted by Crippen LogP contribution is 2.33. The molecular weight excluding hydrogens is 495 g/mol. The number of carbonyl (C=O) groups excluding carboxylic acids is 2. The van der Waals surface area contributed by atoms with Gasteiger partial charge in [0.2, 0.25) is 5.91 Å². The van der Waals surface area contributed by atoms with Gasteiger partial charge in [-0.05, 0) is 49.6 Å². The molecule has 1 unspecified atom stereocenters. The Morgan fingerprint density at radius 1 is 1.20 bits per heavy atom. The number of nitrogens with one attached hydrogen (secondary N) is 1. The second-order valence-corrected chi connectivity index (χ2v) is 11.6. The van der Waals surface area contributed by atoms with E-state index in [2.05, 4.69) is 5.32 Å². The first-order valence-corrected chi connectivity index (χ1v) is 13.8. The van der Waals surface area contributed by atoms with Crippen LogP contribution in [-0.4, -0.2) is 56.7 Å². The Labute approximate surface area is 209 Å². The van der Waals surface area contributed by atoms with Crippen molar-refractivity contribution < 1.29 is 27.1 Å². The standard InChI is InChI=1S/C25H28ClFN2O5S/c1-3-18-8-10-22(29(18)25(31)15-5-4-6-19(11-15)35(2,32)33)24(30)28-23(16-13-34-14-16)20-9-7-17(26)12-21(20)27/h4-7,9,11-12,16,18,22-23H,3,8,10,13-14H2,1-2H3,(H,28,30)/t18-,22-,23?/m1/s1. The van der Waals surface area contributed by atoms with Crippen LogP contribution in [0.2, 0.25) is 5.02 Å². The zero-order chi connectivity index (χ0) is 25.3. The number of rotatable bonds is 7. The number of benzene rings is 2. The zero-order valence-corrected chi connectivity index (χ0v) is 21.1. The van der Waals surface area contributed by atoms with E-state index in [4.69, 9.17) is 16.3 Å². The van der Waals surface area contributed by atoms with Crippen molar-refractivity contribution in [1.82, 2.24) is 10.2 Å². The summed E-state index contributed by atoms with van der Waals surface area (Å²) in [4.78, 5) is 28.6. The summed E-state index contributed by atoms with van der Waals surface area (Å²) in [5.41, 5.74) is 0.526. The lowest BCUT2D eigenvalue weighted by atomic mass is 9.90. The number of ether oxygens (including phenoxy) is 1. The number of sulfone groups is 1. The maximum absolute atomic E-state index is 14.7. The van der Waals surface area contributed by atoms with Gasteiger partial charge in [0.05, 0.1) is 24.2 Å². The maximum atomic E-state index is 14.7. The van der Waals surface area contributed by atoms with Crippen molar-refractivity contribution in [3.05, 3.63) is 64.4 Å². The van der Waals surface area contributed by atoms with E-state index in [9.17, 15) is 22.4 Å². The highest BCUT2D eigenvalue weighted by Gasteiger charge is 2.42. The third-order valence-corrected chi connectivity index (χ3v) is 8.10. The van der Waals surface area contributed by atoms with Gasteiger partial charge in [0.25, 0.3) is 5.91 Å². The van der Waals surface area contributed by atoms with Crippen LogP contribution in [0.1, 0.15) is 48.1 Å². The van der Waals surface area contributed by atoms with Gasteiger partial charge in [-0.1, -0.05) is 30.7 Å². The number of hydrogen-bond acceptors (Lipinski definition) is 5. The molecule has 2 aliphatic heterocycles. The normalized spacial score (nSPS) is 21.4. The highest BCUT2D eigenvalue weighted by atomic mass is 35.5. The van der Waals surface area contributed by atoms with Crippen molar-refractivity contribution in [3.63, 3.8) is 0 Å². The quantitative estimate of drug-likeness (QED) is 0.597. The predicted octanol–water partition coefficient (Wildman–Crippen LogP) is 3.77. The number of likely N-dealkylation sites (tertiary alicyclic amines) is 1. The lowest BCUT2D eigenvalue weighted by Crippen LogP contribution is -2.51. The van der Waals surface area contributed by atoms with Crippen molar-refractivity contribution in [2.75, 3.05) is 19.5 Å². The minimum atomic E-state index is -3.50. The molecule has 2 saturated heterocycles. The lowest BCUT2D eigenvalue weighted by molar-refractivity contribution is -0.128. The molecule has 2 aromatic carbocycles. The second-order valence-electron chi connectivity index (χ2n) is 9.12. The number of carbonyl (C=O) groups is 2. The molecule has 0 aromatic heterocycles. The average Bonchev–Trinajstić information content (AvgIpc) is 3.21. The van der Waals surface area contributed by atoms with Crippen LogP contribution in [0.3, 0.4) is 0 Å². The minimum absolute atomic E-state index is 0.0415. The van der Waals surface area contributed by atoms with Crippen LogP contribution in [0.25, 0.3) is 0 Å². The van der Waals surface area contributed by atoms with E-state index in [-0.39, 0.29) is 33.3 Å². The molecule has 2 aliphatic rings. The van der Waals surface area contributed by atoms with Gasteiger partial charge in [0.15, 0.2) is 9.84 Å². The van der Waals surface area contributed by atoms with Crippen LogP contribution < -0.4 is 5.32 Å². The van der Waals surface area contributed by atoms with Crippen LogP contribution in [0.4, 0.5) is 4.39 Å². The largest absolute Gasteiger partial charge is 0.381 e. The number of hydrogen-bond donors (Lipinski definition) is 1. The Balaban J connectivity index is 1.61. The Kier molecular flexibility index (Phi) is 7.49. The van der Waals surface area contributed by atoms with E-state index < -0.39 is 33.6 Å². The van der Waals surface area contributed by atoms with E-state index >= 15 is 0 Å². The van der Waals surface area contributed by atoms with E-state index in [1.165, 1.54) is 24.3 Å². The molecule has 188 valence electrons. The Morgan fingerprint density at radius 3 is 2.54 bits per heavy atom. The van der Waals surface area contributed by atoms with Gasteiger partial charge in [-0.25, -0.2) is 12.8 Å². The van der Waals surface area contributed by atoms with Crippen LogP contribution >= 0.6 is 11.6 Å². The summed E-state index contributed by atoms with van der Waals surface area (Å²) in [5.74, 6) is -1.40. The Hall–Kier alpha value is -2.49. The van der Waals surface area contributed by atoms with E-state index in [0.29, 0.717) is 38.0 Å². The summed E-state index contributed by atoms with van der Waals surface area (Å²) >= 11 is 5.91. The number of amides is 2. The molecule has 35 heavy (non-hydrogen) atoms. The van der Waals surface area contributed by atoms with Gasteiger partial charge in [-0.2, -0.15) is 0 Å². The summed E-state index contributed by atoms with van der Waals surface area (Å²) in [7, 11) is -3.50. The fraction of sp³-hybridized carbons (Fsp3) is 0.440. The summed E-state index contributed by atoms with van der Waals surface area (Å²) in [5, 5.41) is 3.22. The smallest absolute Gasteiger partial charge is 0.254 e. The van der Waals surface area contributed by atoms with Crippen molar-refractivity contribution in [3.8, 4) is 0 Å². The van der Waals surface area contributed by atoms with Crippen LogP contribution in [0.5, 0.6) is 0 Å². The molecule has 0 spiro atoms. The average molecular weight is 523 g/mol. The van der Waals surface area contributed by atoms with E-state index in [0.717, 1.165) is 6.26 Å². The maximum Gasteiger partial charge on any atom is 0.254 e. The van der Waals surface area contributed by atoms with Crippen molar-refractivity contribution >= 4 is 33.3 Å². The van der Waals surface area contributed by atoms with Gasteiger partial charge in [-0.15, -0.1) is 0 Å². The molecule has 3 atom stereocenters. The highest BCUT2D eigenvalue weighted by molar-refractivity contribution is 7.90. The molecule has 0 saturated carbocycles. The lowest BCUT2D eigenvalue weighted by Gasteiger charge is -2.36. The molecule has 2 aromatic rings. The second kappa shape index (κ2) is 10.2. The molecule has 0 aliphatic carbocycles. The fourth-order valence-corrected chi connectivity index (χ4v) is 5.58. The molecule has 2 fully saturated rings. The summed E-state index contributed by atoms with van der Waals surface area (Å²) in [6.45, 7) is 2.71. The third kappa shape index (κ3) is 5.37. The zero-order valence-electron chi connectivity index (χ0n) is 19.5. The van der Waals surface area contributed by atoms with Gasteiger partial charge >= 0.3 is 0 Å². The molecule has 7 nitrogen and oxygen atoms in total. The van der Waals surface area contributed by atoms with E-state index in [1.807, 2.05) is 6.92 Å². The molecule has 10 heteroatoms. The Bertz CT molecular complexity index is 1230. The van der Waals surface area contributed by atoms with Gasteiger partial charge in [0.1, 0.15) is 11.9 Å². The molecule has 4 rings (SSSR count). The number of halogens is 2. The summed E-state index contributed by atoms with van der Waals surface area (Å²) in [6, 6.07) is 8.64. The van der Waals surface area contributed by atoms with Crippen LogP contribution in [0, 0.1) is 11.7 Å². The van der Waals surface area contributed by atoms with Crippen molar-refractivity contribution in [2.45, 2.75) is 49.2 Å².